The molecule has 0 bridgehead atoms. The highest BCUT2D eigenvalue weighted by Crippen LogP contribution is 2.22. The molecule has 0 atom stereocenters. The largest absolute Gasteiger partial charge is 0.487 e. The minimum absolute atomic E-state index is 0.0222. The molecule has 0 unspecified atom stereocenters. The summed E-state index contributed by atoms with van der Waals surface area (Å²) in [5.41, 5.74) is 1.11. The first-order chi connectivity index (χ1) is 12.3. The molecule has 4 nitrogen and oxygen atoms in total. The van der Waals surface area contributed by atoms with Crippen LogP contribution in [0, 0.1) is 17.0 Å². The van der Waals surface area contributed by atoms with Gasteiger partial charge in [0, 0.05) is 18.1 Å². The molecule has 1 aromatic carbocycles. The van der Waals surface area contributed by atoms with Gasteiger partial charge in [-0.3, -0.25) is 4.40 Å². The topological polar surface area (TPSA) is 39.4 Å². The van der Waals surface area contributed by atoms with E-state index in [9.17, 15) is 8.78 Å². The van der Waals surface area contributed by atoms with Crippen molar-refractivity contribution in [3.05, 3.63) is 59.6 Å². The van der Waals surface area contributed by atoms with E-state index in [1.54, 1.807) is 18.3 Å². The SMILES string of the molecule is CC.CC(C)(C)Cc1nnc2ccc(OCc3ccc(F)cc3F)cn12. The highest BCUT2D eigenvalue weighted by atomic mass is 19.1. The van der Waals surface area contributed by atoms with Crippen molar-refractivity contribution in [3.63, 3.8) is 0 Å². The van der Waals surface area contributed by atoms with Crippen LogP contribution < -0.4 is 4.74 Å². The number of fused-ring (bicyclic) bond motifs is 1. The van der Waals surface area contributed by atoms with Crippen molar-refractivity contribution in [1.29, 1.82) is 0 Å². The summed E-state index contributed by atoms with van der Waals surface area (Å²) in [6.45, 7) is 10.4. The van der Waals surface area contributed by atoms with Gasteiger partial charge in [-0.2, -0.15) is 0 Å². The van der Waals surface area contributed by atoms with E-state index in [0.717, 1.165) is 24.0 Å². The van der Waals surface area contributed by atoms with E-state index in [2.05, 4.69) is 31.0 Å². The minimum Gasteiger partial charge on any atom is -0.487 e. The number of ether oxygens (including phenoxy) is 1. The molecule has 0 radical (unpaired) electrons. The van der Waals surface area contributed by atoms with E-state index in [1.165, 1.54) is 12.1 Å². The molecule has 0 amide bonds. The summed E-state index contributed by atoms with van der Waals surface area (Å²) in [4.78, 5) is 0. The van der Waals surface area contributed by atoms with Gasteiger partial charge >= 0.3 is 0 Å². The standard InChI is InChI=1S/C18H19F2N3O.C2H6/c1-18(2,3)9-17-22-21-16-7-6-14(10-23(16)17)24-11-12-4-5-13(19)8-15(12)20;1-2/h4-8,10H,9,11H2,1-3H3;1-2H3. The van der Waals surface area contributed by atoms with Crippen LogP contribution in [0.15, 0.2) is 36.5 Å². The van der Waals surface area contributed by atoms with Crippen molar-refractivity contribution in [1.82, 2.24) is 14.6 Å². The van der Waals surface area contributed by atoms with Gasteiger partial charge in [-0.15, -0.1) is 10.2 Å². The van der Waals surface area contributed by atoms with E-state index in [4.69, 9.17) is 4.74 Å². The molecule has 0 N–H and O–H groups in total. The molecule has 2 heterocycles. The maximum atomic E-state index is 13.7. The lowest BCUT2D eigenvalue weighted by Gasteiger charge is -2.16. The number of hydrogen-bond acceptors (Lipinski definition) is 3. The van der Waals surface area contributed by atoms with Gasteiger partial charge in [0.2, 0.25) is 0 Å². The van der Waals surface area contributed by atoms with Gasteiger partial charge in [0.05, 0.1) is 6.20 Å². The van der Waals surface area contributed by atoms with Gasteiger partial charge in [0.1, 0.15) is 29.8 Å². The Kier molecular flexibility index (Phi) is 6.29. The molecule has 6 heteroatoms. The third-order valence-electron chi connectivity index (χ3n) is 3.54. The Balaban J connectivity index is 0.00000117. The van der Waals surface area contributed by atoms with Crippen LogP contribution in [0.25, 0.3) is 5.65 Å². The number of rotatable bonds is 4. The summed E-state index contributed by atoms with van der Waals surface area (Å²) in [7, 11) is 0. The first kappa shape index (κ1) is 19.8. The van der Waals surface area contributed by atoms with Crippen LogP contribution in [0.2, 0.25) is 0 Å². The zero-order chi connectivity index (χ0) is 19.3. The van der Waals surface area contributed by atoms with Crippen molar-refractivity contribution in [3.8, 4) is 5.75 Å². The van der Waals surface area contributed by atoms with Gasteiger partial charge in [0.25, 0.3) is 0 Å². The highest BCUT2D eigenvalue weighted by Gasteiger charge is 2.16. The summed E-state index contributed by atoms with van der Waals surface area (Å²) in [5.74, 6) is 0.194. The Labute approximate surface area is 152 Å². The Morgan fingerprint density at radius 3 is 2.42 bits per heavy atom. The lowest BCUT2D eigenvalue weighted by atomic mass is 9.92. The zero-order valence-corrected chi connectivity index (χ0v) is 15.9. The Bertz CT molecular complexity index is 869. The Morgan fingerprint density at radius 2 is 1.77 bits per heavy atom. The van der Waals surface area contributed by atoms with E-state index >= 15 is 0 Å². The summed E-state index contributed by atoms with van der Waals surface area (Å²) >= 11 is 0. The molecule has 26 heavy (non-hydrogen) atoms. The van der Waals surface area contributed by atoms with E-state index in [-0.39, 0.29) is 12.0 Å². The molecule has 0 aliphatic carbocycles. The van der Waals surface area contributed by atoms with E-state index < -0.39 is 11.6 Å². The first-order valence-corrected chi connectivity index (χ1v) is 8.72. The van der Waals surface area contributed by atoms with Crippen molar-refractivity contribution in [2.75, 3.05) is 0 Å². The summed E-state index contributed by atoms with van der Waals surface area (Å²) in [5, 5.41) is 8.36. The second kappa shape index (κ2) is 8.25. The van der Waals surface area contributed by atoms with Gasteiger partial charge in [-0.1, -0.05) is 34.6 Å². The second-order valence-corrected chi connectivity index (χ2v) is 6.97. The molecule has 0 saturated heterocycles. The number of hydrogen-bond donors (Lipinski definition) is 0. The molecular weight excluding hydrogens is 336 g/mol. The van der Waals surface area contributed by atoms with Gasteiger partial charge in [-0.25, -0.2) is 8.78 Å². The fourth-order valence-electron chi connectivity index (χ4n) is 2.40. The molecule has 0 saturated carbocycles. The predicted molar refractivity (Wildman–Crippen MR) is 98.2 cm³/mol. The lowest BCUT2D eigenvalue weighted by molar-refractivity contribution is 0.297. The predicted octanol–water partition coefficient (Wildman–Crippen LogP) is 5.20. The third-order valence-corrected chi connectivity index (χ3v) is 3.54. The van der Waals surface area contributed by atoms with Crippen LogP contribution in [0.4, 0.5) is 8.78 Å². The van der Waals surface area contributed by atoms with Crippen molar-refractivity contribution in [2.24, 2.45) is 5.41 Å². The molecule has 0 aliphatic heterocycles. The molecule has 3 aromatic rings. The van der Waals surface area contributed by atoms with E-state index in [1.807, 2.05) is 18.2 Å². The van der Waals surface area contributed by atoms with Crippen molar-refractivity contribution < 1.29 is 13.5 Å². The van der Waals surface area contributed by atoms with Gasteiger partial charge in [-0.05, 0) is 29.7 Å². The molecule has 3 rings (SSSR count). The summed E-state index contributed by atoms with van der Waals surface area (Å²) in [6.07, 6.45) is 2.56. The van der Waals surface area contributed by atoms with Crippen LogP contribution in [0.3, 0.4) is 0 Å². The molecule has 0 spiro atoms. The van der Waals surface area contributed by atoms with Crippen LogP contribution >= 0.6 is 0 Å². The fourth-order valence-corrected chi connectivity index (χ4v) is 2.40. The quantitative estimate of drug-likeness (QED) is 0.641. The first-order valence-electron chi connectivity index (χ1n) is 8.72. The van der Waals surface area contributed by atoms with Crippen molar-refractivity contribution in [2.45, 2.75) is 47.6 Å². The van der Waals surface area contributed by atoms with Gasteiger partial charge in [0.15, 0.2) is 5.65 Å². The van der Waals surface area contributed by atoms with Crippen LogP contribution in [0.5, 0.6) is 5.75 Å². The second-order valence-electron chi connectivity index (χ2n) is 6.97. The highest BCUT2D eigenvalue weighted by molar-refractivity contribution is 5.41. The average molecular weight is 361 g/mol. The Morgan fingerprint density at radius 1 is 1.04 bits per heavy atom. The number of pyridine rings is 1. The summed E-state index contributed by atoms with van der Waals surface area (Å²) < 4.78 is 34.1. The molecule has 2 aromatic heterocycles. The third kappa shape index (κ3) is 5.00. The number of benzene rings is 1. The smallest absolute Gasteiger partial charge is 0.161 e. The average Bonchev–Trinajstić information content (AvgIpc) is 2.96. The monoisotopic (exact) mass is 361 g/mol. The number of halogens is 2. The molecule has 0 aliphatic rings. The number of aromatic nitrogens is 3. The van der Waals surface area contributed by atoms with Crippen LogP contribution in [0.1, 0.15) is 46.0 Å². The molecule has 0 fully saturated rings. The maximum absolute atomic E-state index is 13.7. The zero-order valence-electron chi connectivity index (χ0n) is 15.9. The van der Waals surface area contributed by atoms with Gasteiger partial charge < -0.3 is 4.74 Å². The Hall–Kier alpha value is -2.50. The van der Waals surface area contributed by atoms with Crippen LogP contribution in [-0.4, -0.2) is 14.6 Å². The van der Waals surface area contributed by atoms with Crippen LogP contribution in [-0.2, 0) is 13.0 Å². The summed E-state index contributed by atoms with van der Waals surface area (Å²) in [6, 6.07) is 7.00. The molecule has 140 valence electrons. The maximum Gasteiger partial charge on any atom is 0.161 e. The lowest BCUT2D eigenvalue weighted by Crippen LogP contribution is -2.12. The minimum atomic E-state index is -0.617. The van der Waals surface area contributed by atoms with Crippen molar-refractivity contribution >= 4 is 5.65 Å². The fraction of sp³-hybridized carbons (Fsp3) is 0.400. The number of nitrogens with zero attached hydrogens (tertiary/aromatic N) is 3. The van der Waals surface area contributed by atoms with E-state index in [0.29, 0.717) is 11.3 Å². The normalized spacial score (nSPS) is 11.2. The molecular formula is C20H25F2N3O.